The van der Waals surface area contributed by atoms with E-state index in [-0.39, 0.29) is 5.89 Å². The molecule has 1 aromatic carbocycles. The van der Waals surface area contributed by atoms with Crippen molar-refractivity contribution in [3.63, 3.8) is 0 Å². The average molecular weight is 393 g/mol. The Morgan fingerprint density at radius 3 is 2.81 bits per heavy atom. The molecule has 8 heteroatoms. The van der Waals surface area contributed by atoms with Gasteiger partial charge in [-0.05, 0) is 52.6 Å². The molecule has 6 nitrogen and oxygen atoms in total. The molecule has 0 aliphatic rings. The molecule has 2 heterocycles. The van der Waals surface area contributed by atoms with Crippen LogP contribution in [-0.4, -0.2) is 24.0 Å². The predicted molar refractivity (Wildman–Crippen MR) is 102 cm³/mol. The fourth-order valence-electron chi connectivity index (χ4n) is 2.40. The molecule has 3 rings (SSSR count). The maximum atomic E-state index is 11.9. The molecule has 0 aliphatic carbocycles. The molecule has 0 bridgehead atoms. The molecule has 26 heavy (non-hydrogen) atoms. The number of thiophene rings is 1. The van der Waals surface area contributed by atoms with Gasteiger partial charge in [0.05, 0.1) is 25.8 Å². The third-order valence-corrected chi connectivity index (χ3v) is 4.86. The molecule has 0 saturated carbocycles. The Hall–Kier alpha value is -2.51. The molecule has 0 unspecified atom stereocenters. The molecule has 3 aromatic rings. The van der Waals surface area contributed by atoms with Gasteiger partial charge in [-0.1, -0.05) is 11.6 Å². The molecule has 0 N–H and O–H groups in total. The summed E-state index contributed by atoms with van der Waals surface area (Å²) in [5.74, 6) is 0.711. The summed E-state index contributed by atoms with van der Waals surface area (Å²) in [7, 11) is 3.06. The Kier molecular flexibility index (Phi) is 5.80. The zero-order valence-electron chi connectivity index (χ0n) is 14.3. The minimum Gasteiger partial charge on any atom is -0.493 e. The number of aromatic nitrogens is 2. The molecule has 0 atom stereocenters. The van der Waals surface area contributed by atoms with Crippen LogP contribution in [0.4, 0.5) is 0 Å². The molecule has 136 valence electrons. The molecule has 0 radical (unpaired) electrons. The summed E-state index contributed by atoms with van der Waals surface area (Å²) in [5, 5.41) is 8.64. The van der Waals surface area contributed by atoms with Gasteiger partial charge < -0.3 is 13.9 Å². The first-order valence-electron chi connectivity index (χ1n) is 7.80. The monoisotopic (exact) mass is 392 g/mol. The Balaban J connectivity index is 1.77. The van der Waals surface area contributed by atoms with Gasteiger partial charge >= 0.3 is 5.76 Å². The van der Waals surface area contributed by atoms with Crippen LogP contribution in [0, 0.1) is 0 Å². The van der Waals surface area contributed by atoms with Crippen LogP contribution in [0.15, 0.2) is 38.2 Å². The lowest BCUT2D eigenvalue weighted by Crippen LogP contribution is -2.17. The second kappa shape index (κ2) is 8.25. The number of hydrogen-bond donors (Lipinski definition) is 0. The quantitative estimate of drug-likeness (QED) is 0.608. The number of rotatable bonds is 7. The van der Waals surface area contributed by atoms with Gasteiger partial charge in [-0.25, -0.2) is 4.79 Å². The lowest BCUT2D eigenvalue weighted by Gasteiger charge is -2.10. The highest BCUT2D eigenvalue weighted by molar-refractivity contribution is 7.07. The number of halogens is 1. The highest BCUT2D eigenvalue weighted by Crippen LogP contribution is 2.37. The van der Waals surface area contributed by atoms with Crippen LogP contribution in [0.3, 0.4) is 0 Å². The molecular formula is C18H17ClN2O4S. The number of ether oxygens (including phenoxy) is 2. The van der Waals surface area contributed by atoms with E-state index in [4.69, 9.17) is 25.5 Å². The smallest absolute Gasteiger partial charge is 0.437 e. The first-order chi connectivity index (χ1) is 12.6. The largest absolute Gasteiger partial charge is 0.493 e. The van der Waals surface area contributed by atoms with Crippen molar-refractivity contribution < 1.29 is 13.9 Å². The van der Waals surface area contributed by atoms with Crippen LogP contribution in [-0.2, 0) is 13.0 Å². The van der Waals surface area contributed by atoms with Crippen molar-refractivity contribution in [2.45, 2.75) is 13.0 Å². The SMILES string of the molecule is COc1ccc(C=Cc2nn(CCc3ccsc3)c(=O)o2)c(Cl)c1OC. The fraction of sp³-hybridized carbons (Fsp3) is 0.222. The number of nitrogens with zero attached hydrogens (tertiary/aromatic N) is 2. The zero-order valence-corrected chi connectivity index (χ0v) is 15.8. The van der Waals surface area contributed by atoms with E-state index in [0.717, 1.165) is 6.42 Å². The normalized spacial score (nSPS) is 11.2. The second-order valence-electron chi connectivity index (χ2n) is 5.35. The fourth-order valence-corrected chi connectivity index (χ4v) is 3.39. The van der Waals surface area contributed by atoms with Crippen LogP contribution in [0.1, 0.15) is 17.0 Å². The van der Waals surface area contributed by atoms with Gasteiger partial charge in [0.2, 0.25) is 5.89 Å². The van der Waals surface area contributed by atoms with E-state index in [2.05, 4.69) is 5.10 Å². The van der Waals surface area contributed by atoms with Crippen molar-refractivity contribution in [2.75, 3.05) is 14.2 Å². The van der Waals surface area contributed by atoms with Crippen molar-refractivity contribution >= 4 is 35.1 Å². The van der Waals surface area contributed by atoms with Gasteiger partial charge in [-0.2, -0.15) is 16.0 Å². The Labute approximate surface area is 159 Å². The van der Waals surface area contributed by atoms with E-state index >= 15 is 0 Å². The van der Waals surface area contributed by atoms with Gasteiger partial charge in [0.1, 0.15) is 0 Å². The van der Waals surface area contributed by atoms with E-state index in [9.17, 15) is 4.79 Å². The van der Waals surface area contributed by atoms with Crippen molar-refractivity contribution in [1.82, 2.24) is 9.78 Å². The van der Waals surface area contributed by atoms with Crippen molar-refractivity contribution in [1.29, 1.82) is 0 Å². The van der Waals surface area contributed by atoms with Gasteiger partial charge in [-0.3, -0.25) is 0 Å². The van der Waals surface area contributed by atoms with E-state index < -0.39 is 5.76 Å². The highest BCUT2D eigenvalue weighted by Gasteiger charge is 2.12. The number of aryl methyl sites for hydroxylation is 2. The average Bonchev–Trinajstić information content (AvgIpc) is 3.28. The third-order valence-electron chi connectivity index (χ3n) is 3.73. The summed E-state index contributed by atoms with van der Waals surface area (Å²) >= 11 is 7.95. The summed E-state index contributed by atoms with van der Waals surface area (Å²) in [6.45, 7) is 0.462. The number of benzene rings is 1. The van der Waals surface area contributed by atoms with Crippen LogP contribution < -0.4 is 15.2 Å². The molecule has 2 aromatic heterocycles. The first kappa shape index (κ1) is 18.3. The maximum absolute atomic E-state index is 11.9. The van der Waals surface area contributed by atoms with Crippen molar-refractivity contribution in [3.8, 4) is 11.5 Å². The zero-order chi connectivity index (χ0) is 18.5. The van der Waals surface area contributed by atoms with Crippen LogP contribution in [0.25, 0.3) is 12.2 Å². The molecular weight excluding hydrogens is 376 g/mol. The Morgan fingerprint density at radius 1 is 1.27 bits per heavy atom. The number of hydrogen-bond acceptors (Lipinski definition) is 6. The van der Waals surface area contributed by atoms with Gasteiger partial charge in [-0.15, -0.1) is 5.10 Å². The molecule has 0 saturated heterocycles. The van der Waals surface area contributed by atoms with Gasteiger partial charge in [0.15, 0.2) is 11.5 Å². The topological polar surface area (TPSA) is 66.5 Å². The maximum Gasteiger partial charge on any atom is 0.437 e. The van der Waals surface area contributed by atoms with Crippen LogP contribution in [0.2, 0.25) is 5.02 Å². The van der Waals surface area contributed by atoms with Crippen LogP contribution in [0.5, 0.6) is 11.5 Å². The van der Waals surface area contributed by atoms with E-state index in [1.807, 2.05) is 16.8 Å². The summed E-state index contributed by atoms with van der Waals surface area (Å²) in [4.78, 5) is 11.9. The highest BCUT2D eigenvalue weighted by atomic mass is 35.5. The molecule has 0 aliphatic heterocycles. The Bertz CT molecular complexity index is 960. The standard InChI is InChI=1S/C18H17ClN2O4S/c1-23-14-5-3-13(16(19)17(14)24-2)4-6-15-20-21(18(22)25-15)9-7-12-8-10-26-11-12/h3-6,8,10-11H,7,9H2,1-2H3. The summed E-state index contributed by atoms with van der Waals surface area (Å²) in [6, 6.07) is 5.56. The predicted octanol–water partition coefficient (Wildman–Crippen LogP) is 3.98. The first-order valence-corrected chi connectivity index (χ1v) is 9.12. The van der Waals surface area contributed by atoms with Crippen molar-refractivity contribution in [3.05, 3.63) is 61.6 Å². The molecule has 0 fully saturated rings. The van der Waals surface area contributed by atoms with E-state index in [0.29, 0.717) is 28.6 Å². The lowest BCUT2D eigenvalue weighted by atomic mass is 10.2. The van der Waals surface area contributed by atoms with Crippen molar-refractivity contribution in [2.24, 2.45) is 0 Å². The second-order valence-corrected chi connectivity index (χ2v) is 6.51. The minimum absolute atomic E-state index is 0.214. The molecule has 0 spiro atoms. The summed E-state index contributed by atoms with van der Waals surface area (Å²) in [5.41, 5.74) is 1.86. The van der Waals surface area contributed by atoms with E-state index in [1.165, 1.54) is 17.4 Å². The Morgan fingerprint density at radius 2 is 2.12 bits per heavy atom. The summed E-state index contributed by atoms with van der Waals surface area (Å²) < 4.78 is 16.9. The number of methoxy groups -OCH3 is 2. The minimum atomic E-state index is -0.488. The summed E-state index contributed by atoms with van der Waals surface area (Å²) in [6.07, 6.45) is 4.02. The molecule has 0 amide bonds. The van der Waals surface area contributed by atoms with Gasteiger partial charge in [0.25, 0.3) is 0 Å². The van der Waals surface area contributed by atoms with E-state index in [1.54, 1.807) is 42.7 Å². The third kappa shape index (κ3) is 4.00. The lowest BCUT2D eigenvalue weighted by molar-refractivity contribution is 0.355. The van der Waals surface area contributed by atoms with Gasteiger partial charge in [0, 0.05) is 6.08 Å². The van der Waals surface area contributed by atoms with Crippen LogP contribution >= 0.6 is 22.9 Å².